The van der Waals surface area contributed by atoms with E-state index in [4.69, 9.17) is 11.6 Å². The molecule has 0 nitrogen and oxygen atoms in total. The van der Waals surface area contributed by atoms with Gasteiger partial charge in [-0.1, -0.05) is 17.7 Å². The van der Waals surface area contributed by atoms with Crippen molar-refractivity contribution >= 4 is 30.3 Å². The van der Waals surface area contributed by atoms with E-state index >= 15 is 0 Å². The first-order valence-corrected chi connectivity index (χ1v) is 5.52. The molecule has 0 aliphatic rings. The summed E-state index contributed by atoms with van der Waals surface area (Å²) in [4.78, 5) is 0.712. The van der Waals surface area contributed by atoms with Gasteiger partial charge in [0.2, 0.25) is 0 Å². The summed E-state index contributed by atoms with van der Waals surface area (Å²) in [6.07, 6.45) is 0. The number of halogens is 4. The van der Waals surface area contributed by atoms with Crippen LogP contribution in [0.25, 0.3) is 0 Å². The average molecular weight is 291 g/mol. The maximum absolute atomic E-state index is 12.2. The van der Waals surface area contributed by atoms with Crippen molar-refractivity contribution in [2.75, 3.05) is 5.75 Å². The molecule has 1 rings (SSSR count). The van der Waals surface area contributed by atoms with Gasteiger partial charge in [-0.3, -0.25) is 0 Å². The summed E-state index contributed by atoms with van der Waals surface area (Å²) in [5, 5.41) is 0.517. The third-order valence-electron chi connectivity index (χ3n) is 1.68. The smallest absolute Gasteiger partial charge is 0.445 e. The predicted molar refractivity (Wildman–Crippen MR) is 60.4 cm³/mol. The van der Waals surface area contributed by atoms with E-state index < -0.39 is 12.4 Å². The number of benzene rings is 1. The molecule has 0 saturated heterocycles. The number of rotatable bonds is 4. The quantitative estimate of drug-likeness (QED) is 0.596. The molecule has 0 bridgehead atoms. The van der Waals surface area contributed by atoms with Crippen LogP contribution in [0.3, 0.4) is 0 Å². The van der Waals surface area contributed by atoms with Gasteiger partial charge in [0.15, 0.2) is 0 Å². The second-order valence-electron chi connectivity index (χ2n) is 2.98. The predicted octanol–water partition coefficient (Wildman–Crippen LogP) is 1.38. The van der Waals surface area contributed by atoms with Gasteiger partial charge in [0, 0.05) is 9.92 Å². The molecule has 82 valence electrons. The van der Waals surface area contributed by atoms with Crippen molar-refractivity contribution in [3.8, 4) is 0 Å². The monoisotopic (exact) mass is 290 g/mol. The fraction of sp³-hybridized carbons (Fsp3) is 0.111. The zero-order valence-corrected chi connectivity index (χ0v) is 13.4. The standard InChI is InChI=1S/C9H8BClF3S.K/c1-7(10(12,13)14)6-15-9-4-2-3-8(11)5-9;/h2-5H,1,6H2;/q-1;+1. The van der Waals surface area contributed by atoms with E-state index in [2.05, 4.69) is 6.58 Å². The molecule has 0 N–H and O–H groups in total. The molecule has 7 heteroatoms. The van der Waals surface area contributed by atoms with Gasteiger partial charge >= 0.3 is 58.4 Å². The second-order valence-corrected chi connectivity index (χ2v) is 4.46. The largest absolute Gasteiger partial charge is 1.00 e. The Labute approximate surface area is 144 Å². The fourth-order valence-corrected chi connectivity index (χ4v) is 2.01. The summed E-state index contributed by atoms with van der Waals surface area (Å²) >= 11 is 6.78. The summed E-state index contributed by atoms with van der Waals surface area (Å²) in [5.74, 6) is -0.149. The molecule has 16 heavy (non-hydrogen) atoms. The Morgan fingerprint density at radius 2 is 2.00 bits per heavy atom. The van der Waals surface area contributed by atoms with E-state index in [1.165, 1.54) is 0 Å². The minimum atomic E-state index is -4.93. The van der Waals surface area contributed by atoms with Crippen molar-refractivity contribution < 1.29 is 64.3 Å². The molecular weight excluding hydrogens is 283 g/mol. The SMILES string of the molecule is C=C(CSc1cccc(Cl)c1)[B-](F)(F)F.[K+]. The Morgan fingerprint density at radius 3 is 2.50 bits per heavy atom. The van der Waals surface area contributed by atoms with Gasteiger partial charge in [0.1, 0.15) is 0 Å². The summed E-state index contributed by atoms with van der Waals surface area (Å²) in [6, 6.07) is 6.72. The van der Waals surface area contributed by atoms with Crippen LogP contribution < -0.4 is 51.4 Å². The number of hydrogen-bond acceptors (Lipinski definition) is 1. The molecule has 1 aromatic carbocycles. The molecule has 0 aromatic heterocycles. The van der Waals surface area contributed by atoms with E-state index in [0.29, 0.717) is 9.92 Å². The maximum atomic E-state index is 12.2. The van der Waals surface area contributed by atoms with Crippen LogP contribution in [0.5, 0.6) is 0 Å². The second kappa shape index (κ2) is 7.51. The third kappa shape index (κ3) is 6.14. The first-order valence-electron chi connectivity index (χ1n) is 4.15. The van der Waals surface area contributed by atoms with Crippen LogP contribution in [-0.2, 0) is 0 Å². The normalized spacial score (nSPS) is 10.8. The Balaban J connectivity index is 0.00000225. The third-order valence-corrected chi connectivity index (χ3v) is 3.02. The van der Waals surface area contributed by atoms with Gasteiger partial charge in [-0.15, -0.1) is 23.8 Å². The molecule has 0 atom stereocenters. The Morgan fingerprint density at radius 1 is 1.38 bits per heavy atom. The Bertz CT molecular complexity index is 370. The molecule has 0 amide bonds. The molecule has 0 radical (unpaired) electrons. The van der Waals surface area contributed by atoms with Gasteiger partial charge < -0.3 is 12.9 Å². The first kappa shape index (κ1) is 17.1. The molecule has 0 spiro atoms. The van der Waals surface area contributed by atoms with Crippen molar-refractivity contribution in [3.05, 3.63) is 41.3 Å². The molecule has 0 heterocycles. The van der Waals surface area contributed by atoms with E-state index in [1.807, 2.05) is 0 Å². The molecule has 1 aromatic rings. The molecule has 0 saturated carbocycles. The van der Waals surface area contributed by atoms with Crippen LogP contribution in [0.2, 0.25) is 5.02 Å². The summed E-state index contributed by atoms with van der Waals surface area (Å²) in [6.45, 7) is -1.91. The molecular formula is C9H8BClF3KS. The van der Waals surface area contributed by atoms with Gasteiger partial charge in [-0.2, -0.15) is 0 Å². The minimum Gasteiger partial charge on any atom is -0.445 e. The summed E-state index contributed by atoms with van der Waals surface area (Å²) in [7, 11) is 0. The zero-order valence-electron chi connectivity index (χ0n) is 8.72. The van der Waals surface area contributed by atoms with E-state index in [9.17, 15) is 12.9 Å². The van der Waals surface area contributed by atoms with Gasteiger partial charge in [0.25, 0.3) is 0 Å². The van der Waals surface area contributed by atoms with Gasteiger partial charge in [-0.25, -0.2) is 0 Å². The zero-order chi connectivity index (χ0) is 11.5. The average Bonchev–Trinajstić information content (AvgIpc) is 2.12. The van der Waals surface area contributed by atoms with Crippen molar-refractivity contribution in [1.82, 2.24) is 0 Å². The first-order chi connectivity index (χ1) is 6.89. The number of hydrogen-bond donors (Lipinski definition) is 0. The molecule has 0 aliphatic carbocycles. The van der Waals surface area contributed by atoms with Crippen LogP contribution in [0, 0.1) is 0 Å². The van der Waals surface area contributed by atoms with Gasteiger partial charge in [-0.05, 0) is 24.0 Å². The van der Waals surface area contributed by atoms with Crippen molar-refractivity contribution in [1.29, 1.82) is 0 Å². The van der Waals surface area contributed by atoms with Crippen LogP contribution in [0.15, 0.2) is 41.2 Å². The molecule has 0 unspecified atom stereocenters. The number of thioether (sulfide) groups is 1. The van der Waals surface area contributed by atoms with Crippen molar-refractivity contribution in [2.45, 2.75) is 4.90 Å². The Kier molecular flexibility index (Phi) is 8.02. The van der Waals surface area contributed by atoms with Crippen LogP contribution in [0.1, 0.15) is 0 Å². The van der Waals surface area contributed by atoms with Crippen molar-refractivity contribution in [3.63, 3.8) is 0 Å². The van der Waals surface area contributed by atoms with E-state index in [0.717, 1.165) is 11.8 Å². The molecule has 0 fully saturated rings. The topological polar surface area (TPSA) is 0 Å². The van der Waals surface area contributed by atoms with Crippen LogP contribution in [0.4, 0.5) is 12.9 Å². The fourth-order valence-electron chi connectivity index (χ4n) is 0.827. The van der Waals surface area contributed by atoms with Crippen LogP contribution in [-0.4, -0.2) is 12.7 Å². The maximum Gasteiger partial charge on any atom is 1.00 e. The van der Waals surface area contributed by atoms with E-state index in [-0.39, 0.29) is 57.1 Å². The van der Waals surface area contributed by atoms with Crippen LogP contribution >= 0.6 is 23.4 Å². The van der Waals surface area contributed by atoms with E-state index in [1.54, 1.807) is 24.3 Å². The summed E-state index contributed by atoms with van der Waals surface area (Å²) < 4.78 is 36.5. The Hall–Kier alpha value is 1.09. The van der Waals surface area contributed by atoms with Gasteiger partial charge in [0.05, 0.1) is 0 Å². The summed E-state index contributed by atoms with van der Waals surface area (Å²) in [5.41, 5.74) is -0.681. The minimum absolute atomic E-state index is 0. The molecule has 0 aliphatic heterocycles. The van der Waals surface area contributed by atoms with Crippen molar-refractivity contribution in [2.24, 2.45) is 0 Å².